The van der Waals surface area contributed by atoms with Crippen molar-refractivity contribution in [2.75, 3.05) is 0 Å². The number of hydrogen-bond donors (Lipinski definition) is 1. The van der Waals surface area contributed by atoms with Crippen LogP contribution in [0.25, 0.3) is 5.69 Å². The average molecular weight is 523 g/mol. The topological polar surface area (TPSA) is 64.7 Å². The maximum Gasteiger partial charge on any atom is 0.275 e. The molecular formula is C30H39ClN4O2. The zero-order chi connectivity index (χ0) is 26.9. The number of aromatic nitrogens is 4. The van der Waals surface area contributed by atoms with Gasteiger partial charge in [0.25, 0.3) is 11.1 Å². The first kappa shape index (κ1) is 24.8. The van der Waals surface area contributed by atoms with E-state index >= 15 is 0 Å². The maximum absolute atomic E-state index is 13.1. The largest absolute Gasteiger partial charge is 0.291 e. The minimum absolute atomic E-state index is 0.0629. The second-order valence-electron chi connectivity index (χ2n) is 13.4. The summed E-state index contributed by atoms with van der Waals surface area (Å²) in [5, 5.41) is 3.51. The lowest BCUT2D eigenvalue weighted by atomic mass is 9.70. The average Bonchev–Trinajstić information content (AvgIpc) is 3.51. The summed E-state index contributed by atoms with van der Waals surface area (Å²) in [5.41, 5.74) is 6.18. The highest BCUT2D eigenvalue weighted by Crippen LogP contribution is 2.67. The van der Waals surface area contributed by atoms with Gasteiger partial charge in [-0.15, -0.1) is 0 Å². The van der Waals surface area contributed by atoms with Gasteiger partial charge in [0.2, 0.25) is 0 Å². The van der Waals surface area contributed by atoms with Crippen LogP contribution >= 0.6 is 11.6 Å². The van der Waals surface area contributed by atoms with Crippen LogP contribution in [0.2, 0.25) is 5.02 Å². The highest BCUT2D eigenvalue weighted by molar-refractivity contribution is 6.32. The number of para-hydroxylation sites is 1. The third-order valence-electron chi connectivity index (χ3n) is 11.7. The molecule has 198 valence electrons. The zero-order valence-electron chi connectivity index (χ0n) is 23.3. The first-order chi connectivity index (χ1) is 17.2. The summed E-state index contributed by atoms with van der Waals surface area (Å²) in [7, 11) is 3.95. The van der Waals surface area contributed by atoms with Crippen molar-refractivity contribution in [1.82, 2.24) is 19.1 Å². The molecule has 0 amide bonds. The van der Waals surface area contributed by atoms with Crippen molar-refractivity contribution in [2.45, 2.75) is 89.9 Å². The molecular weight excluding hydrogens is 484 g/mol. The molecule has 6 nitrogen and oxygen atoms in total. The predicted molar refractivity (Wildman–Crippen MR) is 148 cm³/mol. The van der Waals surface area contributed by atoms with E-state index in [0.29, 0.717) is 16.9 Å². The molecule has 2 aromatic heterocycles. The van der Waals surface area contributed by atoms with Gasteiger partial charge >= 0.3 is 0 Å². The van der Waals surface area contributed by atoms with Gasteiger partial charge in [0.1, 0.15) is 0 Å². The lowest BCUT2D eigenvalue weighted by Crippen LogP contribution is -2.35. The fourth-order valence-corrected chi connectivity index (χ4v) is 9.11. The number of benzene rings is 1. The van der Waals surface area contributed by atoms with Gasteiger partial charge in [-0.05, 0) is 60.5 Å². The molecule has 1 N–H and O–H groups in total. The Morgan fingerprint density at radius 1 is 0.838 bits per heavy atom. The van der Waals surface area contributed by atoms with Crippen LogP contribution in [0.4, 0.5) is 0 Å². The molecule has 3 aromatic rings. The summed E-state index contributed by atoms with van der Waals surface area (Å²) in [6.07, 6.45) is 4.64. The number of nitrogens with zero attached hydrogens (tertiary/aromatic N) is 3. The molecule has 37 heavy (non-hydrogen) atoms. The van der Waals surface area contributed by atoms with Crippen LogP contribution in [0, 0.1) is 10.8 Å². The van der Waals surface area contributed by atoms with Gasteiger partial charge in [-0.1, -0.05) is 65.3 Å². The number of fused-ring (bicyclic) bond motifs is 10. The molecule has 7 heteroatoms. The number of H-pyrrole nitrogens is 1. The molecule has 4 aliphatic carbocycles. The van der Waals surface area contributed by atoms with E-state index in [1.165, 1.54) is 24.2 Å². The van der Waals surface area contributed by atoms with Crippen LogP contribution in [0.15, 0.2) is 33.9 Å². The monoisotopic (exact) mass is 522 g/mol. The molecule has 0 unspecified atom stereocenters. The van der Waals surface area contributed by atoms with Crippen LogP contribution in [0.1, 0.15) is 102 Å². The fourth-order valence-electron chi connectivity index (χ4n) is 8.89. The van der Waals surface area contributed by atoms with Crippen molar-refractivity contribution in [3.63, 3.8) is 0 Å². The Morgan fingerprint density at radius 2 is 1.38 bits per heavy atom. The summed E-state index contributed by atoms with van der Waals surface area (Å²) >= 11 is 6.33. The second-order valence-corrected chi connectivity index (χ2v) is 13.8. The highest BCUT2D eigenvalue weighted by Gasteiger charge is 2.63. The van der Waals surface area contributed by atoms with E-state index < -0.39 is 0 Å². The summed E-state index contributed by atoms with van der Waals surface area (Å²) in [4.78, 5) is 25.0. The molecule has 0 spiro atoms. The van der Waals surface area contributed by atoms with Gasteiger partial charge in [0.15, 0.2) is 0 Å². The normalized spacial score (nSPS) is 31.3. The quantitative estimate of drug-likeness (QED) is 0.433. The van der Waals surface area contributed by atoms with E-state index in [0.717, 1.165) is 29.7 Å². The fraction of sp³-hybridized carbons (Fsp3) is 0.600. The van der Waals surface area contributed by atoms with Crippen molar-refractivity contribution in [1.29, 1.82) is 0 Å². The van der Waals surface area contributed by atoms with Gasteiger partial charge in [0.05, 0.1) is 16.4 Å². The number of rotatable bonds is 1. The van der Waals surface area contributed by atoms with Crippen molar-refractivity contribution in [3.8, 4) is 5.69 Å². The Labute approximate surface area is 223 Å². The summed E-state index contributed by atoms with van der Waals surface area (Å²) in [6, 6.07) is 7.56. The third-order valence-corrected chi connectivity index (χ3v) is 12.0. The zero-order valence-corrected chi connectivity index (χ0v) is 24.1. The van der Waals surface area contributed by atoms with Crippen molar-refractivity contribution in [2.24, 2.45) is 24.9 Å². The molecule has 7 rings (SSSR count). The first-order valence-electron chi connectivity index (χ1n) is 13.6. The Bertz CT molecular complexity index is 1570. The Balaban J connectivity index is 0.000000146. The Hall–Kier alpha value is -2.47. The minimum Gasteiger partial charge on any atom is -0.291 e. The minimum atomic E-state index is 0.0629. The van der Waals surface area contributed by atoms with Crippen molar-refractivity contribution in [3.05, 3.63) is 72.5 Å². The van der Waals surface area contributed by atoms with E-state index in [4.69, 9.17) is 11.6 Å². The maximum atomic E-state index is 13.1. The molecule has 2 heterocycles. The number of aryl methyl sites for hydroxylation is 1. The van der Waals surface area contributed by atoms with Crippen molar-refractivity contribution < 1.29 is 0 Å². The van der Waals surface area contributed by atoms with E-state index in [2.05, 4.69) is 46.6 Å². The van der Waals surface area contributed by atoms with E-state index in [9.17, 15) is 9.59 Å². The smallest absolute Gasteiger partial charge is 0.275 e. The standard InChI is InChI=1S/C18H21ClN2O.C12H18N2O/c1-17(2)11-9-10-18(17,3)15-14(11)16(22)21(20(15)4)13-8-6-5-7-12(13)19;1-11(2)7-5-6-12(11,3)9-8(7)10(15)13-14(9)4/h5-8,11H,9-10H2,1-4H3;7H,5-6H2,1-4H3,(H,13,15)/t11-,18+;7-,12+/m11/s1. The van der Waals surface area contributed by atoms with Crippen LogP contribution in [0.5, 0.6) is 0 Å². The van der Waals surface area contributed by atoms with Crippen LogP contribution in [0.3, 0.4) is 0 Å². The van der Waals surface area contributed by atoms with E-state index in [-0.39, 0.29) is 32.8 Å². The van der Waals surface area contributed by atoms with E-state index in [1.807, 2.05) is 47.7 Å². The number of nitrogens with one attached hydrogen (secondary N) is 1. The van der Waals surface area contributed by atoms with Crippen LogP contribution < -0.4 is 11.1 Å². The summed E-state index contributed by atoms with van der Waals surface area (Å²) in [6.45, 7) is 13.9. The van der Waals surface area contributed by atoms with Gasteiger partial charge in [-0.25, -0.2) is 4.68 Å². The molecule has 1 aromatic carbocycles. The number of aromatic amines is 1. The molecule has 4 aliphatic rings. The molecule has 0 radical (unpaired) electrons. The molecule has 2 saturated carbocycles. The van der Waals surface area contributed by atoms with Crippen molar-refractivity contribution >= 4 is 11.6 Å². The van der Waals surface area contributed by atoms with Crippen LogP contribution in [-0.4, -0.2) is 19.1 Å². The number of halogens is 1. The van der Waals surface area contributed by atoms with Crippen LogP contribution in [-0.2, 0) is 24.9 Å². The molecule has 4 atom stereocenters. The Morgan fingerprint density at radius 3 is 1.92 bits per heavy atom. The van der Waals surface area contributed by atoms with Gasteiger partial charge < -0.3 is 0 Å². The van der Waals surface area contributed by atoms with Gasteiger partial charge in [-0.3, -0.25) is 24.1 Å². The Kier molecular flexibility index (Phi) is 4.93. The molecule has 4 bridgehead atoms. The lowest BCUT2D eigenvalue weighted by Gasteiger charge is -2.36. The molecule has 2 fully saturated rings. The van der Waals surface area contributed by atoms with E-state index in [1.54, 1.807) is 4.68 Å². The second kappa shape index (κ2) is 7.34. The predicted octanol–water partition coefficient (Wildman–Crippen LogP) is 5.89. The molecule has 0 aliphatic heterocycles. The van der Waals surface area contributed by atoms with Gasteiger partial charge in [0, 0.05) is 41.7 Å². The lowest BCUT2D eigenvalue weighted by molar-refractivity contribution is 0.218. The summed E-state index contributed by atoms with van der Waals surface area (Å²) in [5.74, 6) is 0.817. The first-order valence-corrected chi connectivity index (χ1v) is 13.9. The SMILES string of the molecule is Cn1[nH]c(=O)c2c1[C@]1(C)CC[C@H]2C1(C)C.Cn1c2c(c(=O)n1-c1ccccc1Cl)[C@H]1CC[C@]2(C)C1(C)C. The van der Waals surface area contributed by atoms with Gasteiger partial charge in [-0.2, -0.15) is 0 Å². The summed E-state index contributed by atoms with van der Waals surface area (Å²) < 4.78 is 5.73. The highest BCUT2D eigenvalue weighted by atomic mass is 35.5. The number of hydrogen-bond acceptors (Lipinski definition) is 2. The third kappa shape index (κ3) is 2.73. The molecule has 0 saturated heterocycles.